The number of hydrogen-bond acceptors (Lipinski definition) is 0. The molecule has 4 aliphatic carbocycles. The first kappa shape index (κ1) is 19.1. The first-order valence-electron chi connectivity index (χ1n) is 11.6. The van der Waals surface area contributed by atoms with Gasteiger partial charge in [0.2, 0.25) is 0 Å². The number of hydrogen-bond donors (Lipinski definition) is 0. The molecule has 144 valence electrons. The zero-order chi connectivity index (χ0) is 17.7. The van der Waals surface area contributed by atoms with Crippen molar-refractivity contribution >= 4 is 22.6 Å². The third-order valence-corrected chi connectivity index (χ3v) is 11.5. The summed E-state index contributed by atoms with van der Waals surface area (Å²) in [5.74, 6) is 6.31. The average molecular weight is 456 g/mol. The highest BCUT2D eigenvalue weighted by molar-refractivity contribution is 14.1. The zero-order valence-corrected chi connectivity index (χ0v) is 19.2. The lowest BCUT2D eigenvalue weighted by Crippen LogP contribution is -2.54. The molecule has 0 saturated heterocycles. The van der Waals surface area contributed by atoms with Crippen LogP contribution in [0.15, 0.2) is 0 Å². The van der Waals surface area contributed by atoms with Crippen LogP contribution >= 0.6 is 22.6 Å². The van der Waals surface area contributed by atoms with Crippen molar-refractivity contribution in [2.45, 2.75) is 97.8 Å². The fourth-order valence-corrected chi connectivity index (χ4v) is 10.4. The molecule has 4 aliphatic rings. The van der Waals surface area contributed by atoms with Crippen LogP contribution in [-0.4, -0.2) is 4.43 Å². The molecule has 0 aromatic heterocycles. The quantitative estimate of drug-likeness (QED) is 0.298. The monoisotopic (exact) mass is 456 g/mol. The summed E-state index contributed by atoms with van der Waals surface area (Å²) >= 11 is 2.80. The van der Waals surface area contributed by atoms with Gasteiger partial charge in [-0.2, -0.15) is 0 Å². The first-order chi connectivity index (χ1) is 12.1. The molecule has 0 heterocycles. The standard InChI is InChI=1S/C24H41I/c1-4-7-17(2)20-11-12-22-19-10-9-18-8-5-6-14-23(18,3)21(19)13-15-24(20,22)16-25/h17-22H,4-16H2,1-3H3. The summed E-state index contributed by atoms with van der Waals surface area (Å²) < 4.78 is 1.44. The summed E-state index contributed by atoms with van der Waals surface area (Å²) in [6.45, 7) is 7.72. The Morgan fingerprint density at radius 2 is 1.80 bits per heavy atom. The maximum Gasteiger partial charge on any atom is 0.00575 e. The van der Waals surface area contributed by atoms with Crippen molar-refractivity contribution in [3.63, 3.8) is 0 Å². The molecular formula is C24H41I. The molecule has 0 nitrogen and oxygen atoms in total. The van der Waals surface area contributed by atoms with Crippen molar-refractivity contribution in [2.75, 3.05) is 4.43 Å². The largest absolute Gasteiger partial charge is 0.0857 e. The molecule has 0 spiro atoms. The Hall–Kier alpha value is 0.730. The molecule has 25 heavy (non-hydrogen) atoms. The number of alkyl halides is 1. The second-order valence-electron chi connectivity index (χ2n) is 10.8. The number of fused-ring (bicyclic) bond motifs is 5. The molecule has 4 fully saturated rings. The van der Waals surface area contributed by atoms with Crippen molar-refractivity contribution in [1.82, 2.24) is 0 Å². The van der Waals surface area contributed by atoms with Gasteiger partial charge in [0, 0.05) is 4.43 Å². The van der Waals surface area contributed by atoms with Crippen molar-refractivity contribution < 1.29 is 0 Å². The minimum atomic E-state index is 0.714. The van der Waals surface area contributed by atoms with Crippen molar-refractivity contribution in [1.29, 1.82) is 0 Å². The zero-order valence-electron chi connectivity index (χ0n) is 17.0. The topological polar surface area (TPSA) is 0 Å². The Balaban J connectivity index is 1.60. The summed E-state index contributed by atoms with van der Waals surface area (Å²) in [5, 5.41) is 0. The molecule has 1 heteroatoms. The number of rotatable bonds is 4. The van der Waals surface area contributed by atoms with Crippen LogP contribution in [0.1, 0.15) is 97.8 Å². The molecular weight excluding hydrogens is 415 g/mol. The average Bonchev–Trinajstić information content (AvgIpc) is 3.01. The van der Waals surface area contributed by atoms with Crippen LogP contribution in [-0.2, 0) is 0 Å². The number of halogens is 1. The molecule has 0 bridgehead atoms. The van der Waals surface area contributed by atoms with Crippen LogP contribution in [0.2, 0.25) is 0 Å². The van der Waals surface area contributed by atoms with Crippen LogP contribution in [0.4, 0.5) is 0 Å². The summed E-state index contributed by atoms with van der Waals surface area (Å²) in [6, 6.07) is 0. The van der Waals surface area contributed by atoms with Gasteiger partial charge in [0.1, 0.15) is 0 Å². The van der Waals surface area contributed by atoms with E-state index in [1.165, 1.54) is 30.1 Å². The van der Waals surface area contributed by atoms with Gasteiger partial charge in [-0.15, -0.1) is 0 Å². The van der Waals surface area contributed by atoms with E-state index in [2.05, 4.69) is 43.4 Å². The molecule has 4 rings (SSSR count). The van der Waals surface area contributed by atoms with E-state index < -0.39 is 0 Å². The van der Waals surface area contributed by atoms with E-state index in [9.17, 15) is 0 Å². The third-order valence-electron chi connectivity index (χ3n) is 10.0. The van der Waals surface area contributed by atoms with Gasteiger partial charge in [0.05, 0.1) is 0 Å². The normalized spacial score (nSPS) is 50.6. The van der Waals surface area contributed by atoms with Gasteiger partial charge in [0.25, 0.3) is 0 Å². The van der Waals surface area contributed by atoms with Gasteiger partial charge in [-0.05, 0) is 97.7 Å². The van der Waals surface area contributed by atoms with Crippen LogP contribution < -0.4 is 0 Å². The SMILES string of the molecule is CCCC(C)C1CCC2C3CCC4CCCCC4(C)C3CCC12CI. The Bertz CT molecular complexity index is 473. The summed E-state index contributed by atoms with van der Waals surface area (Å²) in [6.07, 6.45) is 18.4. The van der Waals surface area contributed by atoms with Gasteiger partial charge in [-0.25, -0.2) is 0 Å². The fraction of sp³-hybridized carbons (Fsp3) is 1.00. The Morgan fingerprint density at radius 3 is 2.56 bits per heavy atom. The second kappa shape index (κ2) is 7.28. The molecule has 0 aromatic carbocycles. The Morgan fingerprint density at radius 1 is 0.960 bits per heavy atom. The van der Waals surface area contributed by atoms with E-state index in [0.717, 1.165) is 35.5 Å². The van der Waals surface area contributed by atoms with Crippen LogP contribution in [0.3, 0.4) is 0 Å². The molecule has 8 unspecified atom stereocenters. The second-order valence-corrected chi connectivity index (χ2v) is 11.5. The van der Waals surface area contributed by atoms with E-state index >= 15 is 0 Å². The molecule has 4 saturated carbocycles. The maximum atomic E-state index is 2.80. The Labute approximate surface area is 170 Å². The van der Waals surface area contributed by atoms with E-state index in [4.69, 9.17) is 0 Å². The molecule has 0 amide bonds. The third kappa shape index (κ3) is 2.87. The summed E-state index contributed by atoms with van der Waals surface area (Å²) in [7, 11) is 0. The lowest BCUT2D eigenvalue weighted by Gasteiger charge is -2.61. The lowest BCUT2D eigenvalue weighted by molar-refractivity contribution is -0.112. The van der Waals surface area contributed by atoms with Crippen LogP contribution in [0.25, 0.3) is 0 Å². The van der Waals surface area contributed by atoms with Crippen LogP contribution in [0.5, 0.6) is 0 Å². The van der Waals surface area contributed by atoms with E-state index in [1.807, 2.05) is 0 Å². The summed E-state index contributed by atoms with van der Waals surface area (Å²) in [5.41, 5.74) is 1.43. The first-order valence-corrected chi connectivity index (χ1v) is 13.2. The van der Waals surface area contributed by atoms with Crippen molar-refractivity contribution in [3.8, 4) is 0 Å². The predicted molar refractivity (Wildman–Crippen MR) is 117 cm³/mol. The molecule has 8 atom stereocenters. The minimum Gasteiger partial charge on any atom is -0.0857 e. The molecule has 0 N–H and O–H groups in total. The lowest BCUT2D eigenvalue weighted by atomic mass is 9.44. The van der Waals surface area contributed by atoms with Crippen molar-refractivity contribution in [3.05, 3.63) is 0 Å². The van der Waals surface area contributed by atoms with E-state index in [0.29, 0.717) is 10.8 Å². The van der Waals surface area contributed by atoms with Gasteiger partial charge < -0.3 is 0 Å². The molecule has 0 aliphatic heterocycles. The maximum absolute atomic E-state index is 2.80. The predicted octanol–water partition coefficient (Wildman–Crippen LogP) is 7.89. The molecule has 0 radical (unpaired) electrons. The highest BCUT2D eigenvalue weighted by atomic mass is 127. The highest BCUT2D eigenvalue weighted by Gasteiger charge is 2.61. The van der Waals surface area contributed by atoms with Gasteiger partial charge in [-0.3, -0.25) is 0 Å². The Kier molecular flexibility index (Phi) is 5.55. The smallest absolute Gasteiger partial charge is 0.00575 e. The van der Waals surface area contributed by atoms with E-state index in [1.54, 1.807) is 51.4 Å². The fourth-order valence-electron chi connectivity index (χ4n) is 8.92. The van der Waals surface area contributed by atoms with E-state index in [-0.39, 0.29) is 0 Å². The highest BCUT2D eigenvalue weighted by Crippen LogP contribution is 2.68. The molecule has 0 aromatic rings. The van der Waals surface area contributed by atoms with Gasteiger partial charge >= 0.3 is 0 Å². The van der Waals surface area contributed by atoms with Gasteiger partial charge in [0.15, 0.2) is 0 Å². The minimum absolute atomic E-state index is 0.714. The summed E-state index contributed by atoms with van der Waals surface area (Å²) in [4.78, 5) is 0. The van der Waals surface area contributed by atoms with Gasteiger partial charge in [-0.1, -0.05) is 69.0 Å². The van der Waals surface area contributed by atoms with Crippen LogP contribution in [0, 0.1) is 46.3 Å². The van der Waals surface area contributed by atoms with Crippen molar-refractivity contribution in [2.24, 2.45) is 46.3 Å².